The van der Waals surface area contributed by atoms with Crippen molar-refractivity contribution in [3.63, 3.8) is 0 Å². The van der Waals surface area contributed by atoms with Crippen LogP contribution in [0.4, 0.5) is 0 Å². The zero-order valence-corrected chi connectivity index (χ0v) is 11.9. The first-order chi connectivity index (χ1) is 9.29. The Balaban J connectivity index is 2.27. The van der Waals surface area contributed by atoms with Crippen LogP contribution in [0.2, 0.25) is 0 Å². The van der Waals surface area contributed by atoms with E-state index in [9.17, 15) is 5.11 Å². The molecule has 1 aromatic rings. The summed E-state index contributed by atoms with van der Waals surface area (Å²) < 4.78 is 10.8. The third-order valence-electron chi connectivity index (χ3n) is 2.76. The number of unbranched alkanes of at least 4 members (excludes halogenated alkanes) is 1. The van der Waals surface area contributed by atoms with Crippen LogP contribution in [0.15, 0.2) is 18.2 Å². The van der Waals surface area contributed by atoms with Gasteiger partial charge >= 0.3 is 0 Å². The summed E-state index contributed by atoms with van der Waals surface area (Å²) in [5, 5.41) is 13.2. The highest BCUT2D eigenvalue weighted by molar-refractivity contribution is 5.45. The van der Waals surface area contributed by atoms with E-state index in [1.54, 1.807) is 6.07 Å². The fraction of sp³-hybridized carbons (Fsp3) is 0.600. The Morgan fingerprint density at radius 1 is 1.21 bits per heavy atom. The lowest BCUT2D eigenvalue weighted by atomic mass is 10.2. The number of para-hydroxylation sites is 1. The molecule has 0 aromatic heterocycles. The van der Waals surface area contributed by atoms with Gasteiger partial charge in [0.15, 0.2) is 11.5 Å². The van der Waals surface area contributed by atoms with Gasteiger partial charge in [0, 0.05) is 25.3 Å². The minimum absolute atomic E-state index is 0.226. The molecule has 0 radical (unpaired) electrons. The Hall–Kier alpha value is -1.26. The molecule has 1 aromatic carbocycles. The van der Waals surface area contributed by atoms with Crippen molar-refractivity contribution in [3.05, 3.63) is 23.8 Å². The minimum atomic E-state index is 0.226. The minimum Gasteiger partial charge on any atom is -0.504 e. The van der Waals surface area contributed by atoms with E-state index in [1.807, 2.05) is 19.1 Å². The third-order valence-corrected chi connectivity index (χ3v) is 2.76. The second kappa shape index (κ2) is 9.64. The van der Waals surface area contributed by atoms with Crippen LogP contribution in [0.25, 0.3) is 0 Å². The summed E-state index contributed by atoms with van der Waals surface area (Å²) in [5.74, 6) is 0.768. The Morgan fingerprint density at radius 2 is 2.05 bits per heavy atom. The van der Waals surface area contributed by atoms with E-state index >= 15 is 0 Å². The fourth-order valence-corrected chi connectivity index (χ4v) is 1.70. The van der Waals surface area contributed by atoms with Crippen molar-refractivity contribution >= 4 is 0 Å². The van der Waals surface area contributed by atoms with Gasteiger partial charge in [-0.25, -0.2) is 0 Å². The van der Waals surface area contributed by atoms with Crippen LogP contribution in [0, 0.1) is 0 Å². The van der Waals surface area contributed by atoms with Crippen molar-refractivity contribution in [2.24, 2.45) is 0 Å². The SMILES string of the molecule is CCCCOCCNCc1cccc(OCC)c1O. The lowest BCUT2D eigenvalue weighted by Gasteiger charge is -2.11. The van der Waals surface area contributed by atoms with E-state index in [0.29, 0.717) is 25.5 Å². The zero-order valence-electron chi connectivity index (χ0n) is 11.9. The first-order valence-electron chi connectivity index (χ1n) is 7.01. The van der Waals surface area contributed by atoms with Crippen LogP contribution >= 0.6 is 0 Å². The standard InChI is InChI=1S/C15H25NO3/c1-3-5-10-18-11-9-16-12-13-7-6-8-14(15(13)17)19-4-2/h6-8,16-17H,3-5,9-12H2,1-2H3. The summed E-state index contributed by atoms with van der Waals surface area (Å²) >= 11 is 0. The molecule has 0 aliphatic rings. The molecule has 108 valence electrons. The maximum atomic E-state index is 10.00. The number of hydrogen-bond acceptors (Lipinski definition) is 4. The summed E-state index contributed by atoms with van der Waals surface area (Å²) in [4.78, 5) is 0. The van der Waals surface area contributed by atoms with Gasteiger partial charge < -0.3 is 19.9 Å². The van der Waals surface area contributed by atoms with Gasteiger partial charge in [-0.05, 0) is 19.4 Å². The molecule has 0 atom stereocenters. The molecule has 4 heteroatoms. The topological polar surface area (TPSA) is 50.7 Å². The number of phenolic OH excluding ortho intramolecular Hbond substituents is 1. The molecule has 2 N–H and O–H groups in total. The van der Waals surface area contributed by atoms with Gasteiger partial charge in [0.2, 0.25) is 0 Å². The highest BCUT2D eigenvalue weighted by atomic mass is 16.5. The molecule has 0 fully saturated rings. The third kappa shape index (κ3) is 5.94. The fourth-order valence-electron chi connectivity index (χ4n) is 1.70. The average Bonchev–Trinajstić information content (AvgIpc) is 2.42. The van der Waals surface area contributed by atoms with E-state index in [0.717, 1.165) is 31.6 Å². The van der Waals surface area contributed by atoms with Crippen LogP contribution in [-0.2, 0) is 11.3 Å². The number of aromatic hydroxyl groups is 1. The van der Waals surface area contributed by atoms with Crippen LogP contribution in [-0.4, -0.2) is 31.5 Å². The zero-order chi connectivity index (χ0) is 13.9. The Bertz CT molecular complexity index is 355. The molecule has 0 unspecified atom stereocenters. The second-order valence-electron chi connectivity index (χ2n) is 4.34. The van der Waals surface area contributed by atoms with Crippen LogP contribution < -0.4 is 10.1 Å². The molecular formula is C15H25NO3. The smallest absolute Gasteiger partial charge is 0.162 e. The number of hydrogen-bond donors (Lipinski definition) is 2. The molecule has 0 amide bonds. The Morgan fingerprint density at radius 3 is 2.79 bits per heavy atom. The molecule has 0 heterocycles. The number of phenols is 1. The molecule has 0 saturated carbocycles. The molecule has 1 rings (SSSR count). The first kappa shape index (κ1) is 15.8. The maximum Gasteiger partial charge on any atom is 0.162 e. The van der Waals surface area contributed by atoms with Crippen molar-refractivity contribution in [1.29, 1.82) is 0 Å². The molecular weight excluding hydrogens is 242 g/mol. The van der Waals surface area contributed by atoms with E-state index in [1.165, 1.54) is 0 Å². The van der Waals surface area contributed by atoms with Gasteiger partial charge in [0.1, 0.15) is 0 Å². The Kier molecular flexibility index (Phi) is 8.02. The van der Waals surface area contributed by atoms with Crippen LogP contribution in [0.3, 0.4) is 0 Å². The van der Waals surface area contributed by atoms with Crippen LogP contribution in [0.1, 0.15) is 32.3 Å². The number of ether oxygens (including phenoxy) is 2. The van der Waals surface area contributed by atoms with Gasteiger partial charge in [-0.15, -0.1) is 0 Å². The first-order valence-corrected chi connectivity index (χ1v) is 7.01. The maximum absolute atomic E-state index is 10.00. The van der Waals surface area contributed by atoms with Gasteiger partial charge in [-0.3, -0.25) is 0 Å². The predicted molar refractivity (Wildman–Crippen MR) is 76.7 cm³/mol. The van der Waals surface area contributed by atoms with E-state index in [2.05, 4.69) is 12.2 Å². The normalized spacial score (nSPS) is 10.6. The molecule has 0 aliphatic carbocycles. The molecule has 0 bridgehead atoms. The lowest BCUT2D eigenvalue weighted by molar-refractivity contribution is 0.133. The second-order valence-corrected chi connectivity index (χ2v) is 4.34. The summed E-state index contributed by atoms with van der Waals surface area (Å²) in [6.07, 6.45) is 2.27. The van der Waals surface area contributed by atoms with Gasteiger partial charge in [-0.2, -0.15) is 0 Å². The summed E-state index contributed by atoms with van der Waals surface area (Å²) in [6.45, 7) is 7.52. The largest absolute Gasteiger partial charge is 0.504 e. The molecule has 19 heavy (non-hydrogen) atoms. The number of benzene rings is 1. The number of nitrogens with one attached hydrogen (secondary N) is 1. The van der Waals surface area contributed by atoms with Gasteiger partial charge in [-0.1, -0.05) is 25.5 Å². The summed E-state index contributed by atoms with van der Waals surface area (Å²) in [7, 11) is 0. The van der Waals surface area contributed by atoms with E-state index in [4.69, 9.17) is 9.47 Å². The average molecular weight is 267 g/mol. The van der Waals surface area contributed by atoms with Crippen molar-refractivity contribution in [2.75, 3.05) is 26.4 Å². The Labute approximate surface area is 115 Å². The molecule has 0 spiro atoms. The number of rotatable bonds is 10. The molecule has 0 saturated heterocycles. The van der Waals surface area contributed by atoms with Crippen LogP contribution in [0.5, 0.6) is 11.5 Å². The van der Waals surface area contributed by atoms with Gasteiger partial charge in [0.05, 0.1) is 13.2 Å². The van der Waals surface area contributed by atoms with E-state index < -0.39 is 0 Å². The van der Waals surface area contributed by atoms with Crippen molar-refractivity contribution in [2.45, 2.75) is 33.2 Å². The summed E-state index contributed by atoms with van der Waals surface area (Å²) in [6, 6.07) is 5.55. The quantitative estimate of drug-likeness (QED) is 0.640. The van der Waals surface area contributed by atoms with Crippen molar-refractivity contribution < 1.29 is 14.6 Å². The lowest BCUT2D eigenvalue weighted by Crippen LogP contribution is -2.19. The monoisotopic (exact) mass is 267 g/mol. The van der Waals surface area contributed by atoms with Crippen molar-refractivity contribution in [3.8, 4) is 11.5 Å². The van der Waals surface area contributed by atoms with Crippen molar-refractivity contribution in [1.82, 2.24) is 5.32 Å². The molecule has 4 nitrogen and oxygen atoms in total. The highest BCUT2D eigenvalue weighted by Gasteiger charge is 2.06. The highest BCUT2D eigenvalue weighted by Crippen LogP contribution is 2.29. The van der Waals surface area contributed by atoms with Gasteiger partial charge in [0.25, 0.3) is 0 Å². The predicted octanol–water partition coefficient (Wildman–Crippen LogP) is 2.70. The molecule has 0 aliphatic heterocycles. The van der Waals surface area contributed by atoms with E-state index in [-0.39, 0.29) is 5.75 Å². The summed E-state index contributed by atoms with van der Waals surface area (Å²) in [5.41, 5.74) is 0.847.